The van der Waals surface area contributed by atoms with Gasteiger partial charge in [-0.25, -0.2) is 0 Å². The number of amides is 1. The van der Waals surface area contributed by atoms with Crippen molar-refractivity contribution in [1.29, 1.82) is 0 Å². The summed E-state index contributed by atoms with van der Waals surface area (Å²) in [4.78, 5) is 40.1. The molecule has 9 nitrogen and oxygen atoms in total. The largest absolute Gasteiger partial charge is 0.756 e. The predicted molar refractivity (Wildman–Crippen MR) is 344 cm³/mol. The Morgan fingerprint density at radius 3 is 1.23 bits per heavy atom. The molecule has 0 saturated heterocycles. The van der Waals surface area contributed by atoms with Gasteiger partial charge in [0.1, 0.15) is 19.3 Å². The highest BCUT2D eigenvalue weighted by atomic mass is 31.2. The Bertz CT molecular complexity index is 1690. The van der Waals surface area contributed by atoms with Gasteiger partial charge >= 0.3 is 5.97 Å². The quantitative estimate of drug-likeness (QED) is 0.0212. The van der Waals surface area contributed by atoms with Crippen LogP contribution in [0.15, 0.2) is 97.2 Å². The van der Waals surface area contributed by atoms with Crippen LogP contribution in [0.3, 0.4) is 0 Å². The molecule has 0 rings (SSSR count). The number of nitrogens with zero attached hydrogens (tertiary/aromatic N) is 1. The second-order valence-electron chi connectivity index (χ2n) is 23.2. The van der Waals surface area contributed by atoms with Crippen LogP contribution in [0.5, 0.6) is 0 Å². The molecule has 0 aromatic rings. The summed E-state index contributed by atoms with van der Waals surface area (Å²) in [5, 5.41) is 3.01. The number of carbonyl (C=O) groups is 2. The molecule has 0 fully saturated rings. The lowest BCUT2D eigenvalue weighted by Gasteiger charge is -2.30. The van der Waals surface area contributed by atoms with E-state index in [2.05, 4.69) is 111 Å². The summed E-state index contributed by atoms with van der Waals surface area (Å²) in [7, 11) is 1.15. The number of ether oxygens (including phenoxy) is 1. The lowest BCUT2D eigenvalue weighted by Crippen LogP contribution is -2.47. The van der Waals surface area contributed by atoms with Gasteiger partial charge in [0.05, 0.1) is 33.8 Å². The van der Waals surface area contributed by atoms with Crippen LogP contribution < -0.4 is 10.2 Å². The summed E-state index contributed by atoms with van der Waals surface area (Å²) < 4.78 is 30.3. The van der Waals surface area contributed by atoms with Crippen LogP contribution in [0.4, 0.5) is 0 Å². The van der Waals surface area contributed by atoms with Gasteiger partial charge in [-0.1, -0.05) is 260 Å². The van der Waals surface area contributed by atoms with Gasteiger partial charge in [0.2, 0.25) is 5.91 Å². The van der Waals surface area contributed by atoms with Gasteiger partial charge in [-0.2, -0.15) is 0 Å². The number of carbonyl (C=O) groups excluding carboxylic acids is 2. The van der Waals surface area contributed by atoms with Gasteiger partial charge in [0.25, 0.3) is 7.82 Å². The van der Waals surface area contributed by atoms with E-state index in [0.717, 1.165) is 89.9 Å². The average Bonchev–Trinajstić information content (AvgIpc) is 3.42. The van der Waals surface area contributed by atoms with Gasteiger partial charge in [-0.15, -0.1) is 0 Å². The molecule has 80 heavy (non-hydrogen) atoms. The molecule has 3 unspecified atom stereocenters. The molecule has 0 aliphatic rings. The first-order valence-corrected chi connectivity index (χ1v) is 34.5. The number of allylic oxidation sites excluding steroid dienone is 15. The Morgan fingerprint density at radius 1 is 0.450 bits per heavy atom. The first kappa shape index (κ1) is 76.9. The molecule has 10 heteroatoms. The highest BCUT2D eigenvalue weighted by Crippen LogP contribution is 2.38. The molecule has 0 aromatic heterocycles. The molecule has 0 bridgehead atoms. The van der Waals surface area contributed by atoms with Crippen molar-refractivity contribution < 1.29 is 37.3 Å². The van der Waals surface area contributed by atoms with Crippen molar-refractivity contribution in [2.75, 3.05) is 40.9 Å². The van der Waals surface area contributed by atoms with Crippen molar-refractivity contribution in [2.24, 2.45) is 0 Å². The molecule has 1 N–H and O–H groups in total. The zero-order valence-electron chi connectivity index (χ0n) is 52.8. The zero-order chi connectivity index (χ0) is 58.6. The van der Waals surface area contributed by atoms with Crippen molar-refractivity contribution in [3.8, 4) is 0 Å². The molecule has 0 saturated carbocycles. The average molecular weight is 1140 g/mol. The van der Waals surface area contributed by atoms with Crippen molar-refractivity contribution in [1.82, 2.24) is 5.32 Å². The Hall–Kier alpha value is -3.07. The maximum absolute atomic E-state index is 13.5. The van der Waals surface area contributed by atoms with Gasteiger partial charge in [0, 0.05) is 12.8 Å². The summed E-state index contributed by atoms with van der Waals surface area (Å²) in [5.41, 5.74) is 0. The topological polar surface area (TPSA) is 114 Å². The number of quaternary nitrogens is 1. The number of hydrogen-bond acceptors (Lipinski definition) is 7. The van der Waals surface area contributed by atoms with E-state index < -0.39 is 26.6 Å². The monoisotopic (exact) mass is 1140 g/mol. The molecular formula is C70H125N2O7P. The SMILES string of the molecule is CC/C=C\C/C=C\C/C=C\C/C=C\C/C=C\C/C=C\CCCCC(=O)NC(COP(=O)([O-])OCC[N+](C)(C)C)C(/C=C/CCCCCCCCCCCC)OC(=O)CCCCCCCCCCCCC/C=C/CCCCCCCC. The first-order chi connectivity index (χ1) is 38.9. The van der Waals surface area contributed by atoms with E-state index in [9.17, 15) is 19.0 Å². The van der Waals surface area contributed by atoms with E-state index >= 15 is 0 Å². The van der Waals surface area contributed by atoms with Crippen LogP contribution in [0, 0.1) is 0 Å². The van der Waals surface area contributed by atoms with Crippen molar-refractivity contribution in [2.45, 2.75) is 296 Å². The smallest absolute Gasteiger partial charge is 0.306 e. The number of unbranched alkanes of at least 4 members (excludes halogenated alkanes) is 29. The number of esters is 1. The molecule has 0 aliphatic carbocycles. The summed E-state index contributed by atoms with van der Waals surface area (Å²) in [6.45, 7) is 6.70. The third kappa shape index (κ3) is 59.5. The van der Waals surface area contributed by atoms with E-state index in [0.29, 0.717) is 17.4 Å². The highest BCUT2D eigenvalue weighted by Gasteiger charge is 2.27. The van der Waals surface area contributed by atoms with E-state index in [1.165, 1.54) is 154 Å². The molecule has 0 heterocycles. The third-order valence-electron chi connectivity index (χ3n) is 14.2. The summed E-state index contributed by atoms with van der Waals surface area (Å²) >= 11 is 0. The number of likely N-dealkylation sites (N-methyl/N-ethyl adjacent to an activating group) is 1. The van der Waals surface area contributed by atoms with Crippen LogP contribution in [-0.2, 0) is 27.9 Å². The lowest BCUT2D eigenvalue weighted by atomic mass is 10.0. The van der Waals surface area contributed by atoms with Gasteiger partial charge in [-0.05, 0) is 109 Å². The molecule has 0 radical (unpaired) electrons. The van der Waals surface area contributed by atoms with E-state index in [1.807, 2.05) is 33.3 Å². The number of nitrogens with one attached hydrogen (secondary N) is 1. The molecule has 462 valence electrons. The fraction of sp³-hybridized carbons (Fsp3) is 0.743. The fourth-order valence-electron chi connectivity index (χ4n) is 9.17. The number of phosphoric acid groups is 1. The van der Waals surface area contributed by atoms with Crippen LogP contribution >= 0.6 is 7.82 Å². The Kier molecular flexibility index (Phi) is 56.8. The summed E-state index contributed by atoms with van der Waals surface area (Å²) in [5.74, 6) is -0.592. The van der Waals surface area contributed by atoms with Crippen LogP contribution in [0.2, 0.25) is 0 Å². The van der Waals surface area contributed by atoms with E-state index in [-0.39, 0.29) is 31.3 Å². The van der Waals surface area contributed by atoms with Gasteiger partial charge < -0.3 is 28.5 Å². The fourth-order valence-corrected chi connectivity index (χ4v) is 9.89. The zero-order valence-corrected chi connectivity index (χ0v) is 53.7. The van der Waals surface area contributed by atoms with Crippen molar-refractivity contribution in [3.63, 3.8) is 0 Å². The van der Waals surface area contributed by atoms with Crippen LogP contribution in [-0.4, -0.2) is 69.4 Å². The summed E-state index contributed by atoms with van der Waals surface area (Å²) in [6, 6.07) is -0.917. The maximum atomic E-state index is 13.5. The van der Waals surface area contributed by atoms with Crippen LogP contribution in [0.25, 0.3) is 0 Å². The second-order valence-corrected chi connectivity index (χ2v) is 24.6. The second kappa shape index (κ2) is 59.1. The minimum Gasteiger partial charge on any atom is -0.756 e. The molecule has 0 spiro atoms. The molecule has 1 amide bonds. The normalized spacial score (nSPS) is 14.2. The predicted octanol–water partition coefficient (Wildman–Crippen LogP) is 20.1. The van der Waals surface area contributed by atoms with Crippen LogP contribution in [0.1, 0.15) is 284 Å². The van der Waals surface area contributed by atoms with E-state index in [1.54, 1.807) is 0 Å². The minimum absolute atomic E-state index is 0.0348. The number of hydrogen-bond donors (Lipinski definition) is 1. The van der Waals surface area contributed by atoms with Crippen molar-refractivity contribution >= 4 is 19.7 Å². The molecular weight excluding hydrogens is 1010 g/mol. The number of phosphoric ester groups is 1. The standard InChI is InChI=1S/C70H125N2O7P/c1-7-10-13-16-19-22-25-28-30-32-34-36-38-40-42-44-47-50-53-56-59-62-69(73)71-67(66-78-80(75,76)77-65-64-72(4,5)6)68(61-58-55-52-49-46-27-24-21-18-15-12-9-3)79-70(74)63-60-57-54-51-48-45-43-41-39-37-35-33-31-29-26-23-20-17-14-11-8-2/h10,13,19,22,28-31,34,36,40,42,47,50,58,61,67-68H,7-9,11-12,14-18,20-21,23-27,32-33,35,37-39,41,43-46,48-49,51-57,59-60,62-66H2,1-6H3,(H-,71,73,75,76)/b13-10-,22-19-,30-28-,31-29+,36-34-,42-40-,50-47-,61-58+. The van der Waals surface area contributed by atoms with Gasteiger partial charge in [0.15, 0.2) is 0 Å². The molecule has 3 atom stereocenters. The van der Waals surface area contributed by atoms with Gasteiger partial charge in [-0.3, -0.25) is 14.2 Å². The van der Waals surface area contributed by atoms with Crippen molar-refractivity contribution in [3.05, 3.63) is 97.2 Å². The van der Waals surface area contributed by atoms with E-state index in [4.69, 9.17) is 13.8 Å². The Morgan fingerprint density at radius 2 is 0.800 bits per heavy atom. The first-order valence-electron chi connectivity index (χ1n) is 33.0. The lowest BCUT2D eigenvalue weighted by molar-refractivity contribution is -0.870. The molecule has 0 aromatic carbocycles. The number of rotatable bonds is 59. The summed E-state index contributed by atoms with van der Waals surface area (Å²) in [6.07, 6.45) is 79.5. The Balaban J connectivity index is 5.26. The Labute approximate surface area is 494 Å². The highest BCUT2D eigenvalue weighted by molar-refractivity contribution is 7.45. The minimum atomic E-state index is -4.72. The third-order valence-corrected chi connectivity index (χ3v) is 15.2. The maximum Gasteiger partial charge on any atom is 0.306 e. The molecule has 0 aliphatic heterocycles.